The van der Waals surface area contributed by atoms with Crippen LogP contribution in [0.2, 0.25) is 0 Å². The lowest BCUT2D eigenvalue weighted by molar-refractivity contribution is -0.140. The van der Waals surface area contributed by atoms with Crippen molar-refractivity contribution in [3.05, 3.63) is 95.6 Å². The Bertz CT molecular complexity index is 1130. The lowest BCUT2D eigenvalue weighted by Crippen LogP contribution is -2.18. The molecule has 39 heavy (non-hydrogen) atoms. The molecule has 6 nitrogen and oxygen atoms in total. The van der Waals surface area contributed by atoms with Crippen LogP contribution >= 0.6 is 0 Å². The summed E-state index contributed by atoms with van der Waals surface area (Å²) < 4.78 is 22.0. The zero-order valence-electron chi connectivity index (χ0n) is 23.1. The van der Waals surface area contributed by atoms with Crippen molar-refractivity contribution in [1.82, 2.24) is 0 Å². The fourth-order valence-corrected chi connectivity index (χ4v) is 4.41. The van der Waals surface area contributed by atoms with Crippen LogP contribution in [0.15, 0.2) is 78.9 Å². The Balaban J connectivity index is 1.54. The summed E-state index contributed by atoms with van der Waals surface area (Å²) in [6.07, 6.45) is 7.49. The van der Waals surface area contributed by atoms with Gasteiger partial charge in [-0.1, -0.05) is 48.5 Å². The van der Waals surface area contributed by atoms with Gasteiger partial charge in [-0.3, -0.25) is 4.79 Å². The minimum absolute atomic E-state index is 0.0504. The number of aryl methyl sites for hydroxylation is 2. The maximum absolute atomic E-state index is 11.8. The quantitative estimate of drug-likeness (QED) is 0.138. The molecule has 3 rings (SSSR count). The molecule has 0 fully saturated rings. The first-order chi connectivity index (χ1) is 19.1. The number of carbonyl (C=O) groups excluding carboxylic acids is 2. The van der Waals surface area contributed by atoms with Gasteiger partial charge in [0.15, 0.2) is 0 Å². The summed E-state index contributed by atoms with van der Waals surface area (Å²) in [5.41, 5.74) is 2.99. The first kappa shape index (κ1) is 29.8. The van der Waals surface area contributed by atoms with Crippen molar-refractivity contribution in [2.45, 2.75) is 63.9 Å². The van der Waals surface area contributed by atoms with E-state index >= 15 is 0 Å². The molecule has 0 aromatic heterocycles. The van der Waals surface area contributed by atoms with Gasteiger partial charge >= 0.3 is 11.9 Å². The third kappa shape index (κ3) is 10.8. The molecule has 0 amide bonds. The Labute approximate surface area is 232 Å². The molecule has 0 aliphatic heterocycles. The van der Waals surface area contributed by atoms with Gasteiger partial charge in [0.2, 0.25) is 0 Å². The number of hydrogen-bond acceptors (Lipinski definition) is 6. The zero-order chi connectivity index (χ0) is 27.7. The van der Waals surface area contributed by atoms with E-state index in [4.69, 9.17) is 18.9 Å². The highest BCUT2D eigenvalue weighted by Gasteiger charge is 2.15. The number of benzene rings is 3. The maximum atomic E-state index is 11.8. The van der Waals surface area contributed by atoms with E-state index in [1.54, 1.807) is 24.3 Å². The van der Waals surface area contributed by atoms with E-state index in [9.17, 15) is 9.59 Å². The Morgan fingerprint density at radius 3 is 2.21 bits per heavy atom. The van der Waals surface area contributed by atoms with Gasteiger partial charge in [0.1, 0.15) is 11.5 Å². The van der Waals surface area contributed by atoms with Gasteiger partial charge in [0, 0.05) is 6.42 Å². The monoisotopic (exact) mass is 532 g/mol. The molecule has 3 aromatic rings. The van der Waals surface area contributed by atoms with Gasteiger partial charge in [-0.25, -0.2) is 4.79 Å². The molecular weight excluding hydrogens is 492 g/mol. The van der Waals surface area contributed by atoms with Gasteiger partial charge in [-0.2, -0.15) is 0 Å². The minimum atomic E-state index is -0.377. The van der Waals surface area contributed by atoms with Crippen LogP contribution in [-0.2, 0) is 27.1 Å². The SMILES string of the molecule is COC(=O)CCCCC(CCc1ccccc1OCCCCc1ccccc1)Oc1ccc(C(=O)OC)cc1. The zero-order valence-corrected chi connectivity index (χ0v) is 23.1. The van der Waals surface area contributed by atoms with Crippen LogP contribution < -0.4 is 9.47 Å². The topological polar surface area (TPSA) is 71.1 Å². The average molecular weight is 533 g/mol. The molecule has 0 radical (unpaired) electrons. The van der Waals surface area contributed by atoms with E-state index in [0.29, 0.717) is 24.3 Å². The molecule has 1 unspecified atom stereocenters. The molecular formula is C33H40O6. The van der Waals surface area contributed by atoms with E-state index in [-0.39, 0.29) is 18.0 Å². The number of methoxy groups -OCH3 is 2. The van der Waals surface area contributed by atoms with E-state index in [0.717, 1.165) is 62.7 Å². The van der Waals surface area contributed by atoms with Gasteiger partial charge in [-0.15, -0.1) is 0 Å². The van der Waals surface area contributed by atoms with E-state index in [1.807, 2.05) is 24.3 Å². The van der Waals surface area contributed by atoms with Crippen molar-refractivity contribution >= 4 is 11.9 Å². The summed E-state index contributed by atoms with van der Waals surface area (Å²) in [7, 11) is 2.78. The van der Waals surface area contributed by atoms with Crippen molar-refractivity contribution in [3.8, 4) is 11.5 Å². The highest BCUT2D eigenvalue weighted by molar-refractivity contribution is 5.89. The number of rotatable bonds is 17. The molecule has 0 aliphatic rings. The number of unbranched alkanes of at least 4 members (excludes halogenated alkanes) is 2. The summed E-state index contributed by atoms with van der Waals surface area (Å²) >= 11 is 0. The number of ether oxygens (including phenoxy) is 4. The molecule has 0 saturated carbocycles. The predicted molar refractivity (Wildman–Crippen MR) is 152 cm³/mol. The normalized spacial score (nSPS) is 11.4. The van der Waals surface area contributed by atoms with Gasteiger partial charge in [0.05, 0.1) is 32.5 Å². The third-order valence-electron chi connectivity index (χ3n) is 6.63. The fourth-order valence-electron chi connectivity index (χ4n) is 4.41. The van der Waals surface area contributed by atoms with Crippen molar-refractivity contribution in [3.63, 3.8) is 0 Å². The molecule has 1 atom stereocenters. The van der Waals surface area contributed by atoms with Crippen LogP contribution in [0.4, 0.5) is 0 Å². The maximum Gasteiger partial charge on any atom is 0.337 e. The second kappa shape index (κ2) is 16.9. The molecule has 208 valence electrons. The average Bonchev–Trinajstić information content (AvgIpc) is 2.98. The lowest BCUT2D eigenvalue weighted by atomic mass is 10.0. The first-order valence-electron chi connectivity index (χ1n) is 13.8. The Morgan fingerprint density at radius 2 is 1.46 bits per heavy atom. The van der Waals surface area contributed by atoms with Crippen molar-refractivity contribution in [2.75, 3.05) is 20.8 Å². The molecule has 0 N–H and O–H groups in total. The number of carbonyl (C=O) groups is 2. The first-order valence-corrected chi connectivity index (χ1v) is 13.8. The molecule has 0 spiro atoms. The third-order valence-corrected chi connectivity index (χ3v) is 6.63. The van der Waals surface area contributed by atoms with Crippen molar-refractivity contribution in [1.29, 1.82) is 0 Å². The standard InChI is InChI=1S/C33H40O6/c1-36-32(34)18-9-7-16-29(39-30-23-20-28(21-24-30)33(35)37-2)22-19-27-15-6-8-17-31(27)38-25-11-10-14-26-12-4-3-5-13-26/h3-6,8,12-13,15,17,20-21,23-24,29H,7,9-11,14,16,18-19,22,25H2,1-2H3. The highest BCUT2D eigenvalue weighted by Crippen LogP contribution is 2.24. The summed E-state index contributed by atoms with van der Waals surface area (Å²) in [6.45, 7) is 0.684. The fraction of sp³-hybridized carbons (Fsp3) is 0.394. The molecule has 0 aliphatic carbocycles. The number of hydrogen-bond donors (Lipinski definition) is 0. The van der Waals surface area contributed by atoms with Crippen LogP contribution in [0.25, 0.3) is 0 Å². The molecule has 0 bridgehead atoms. The van der Waals surface area contributed by atoms with E-state index < -0.39 is 0 Å². The molecule has 0 heterocycles. The van der Waals surface area contributed by atoms with Crippen LogP contribution in [0.5, 0.6) is 11.5 Å². The Hall–Kier alpha value is -3.80. The van der Waals surface area contributed by atoms with Gasteiger partial charge in [-0.05, 0) is 92.8 Å². The van der Waals surface area contributed by atoms with E-state index in [2.05, 4.69) is 30.3 Å². The van der Waals surface area contributed by atoms with Crippen molar-refractivity contribution < 1.29 is 28.5 Å². The Morgan fingerprint density at radius 1 is 0.718 bits per heavy atom. The highest BCUT2D eigenvalue weighted by atomic mass is 16.5. The minimum Gasteiger partial charge on any atom is -0.493 e. The number of para-hydroxylation sites is 1. The molecule has 6 heteroatoms. The number of esters is 2. The van der Waals surface area contributed by atoms with Crippen LogP contribution in [-0.4, -0.2) is 38.9 Å². The van der Waals surface area contributed by atoms with Crippen LogP contribution in [0, 0.1) is 0 Å². The summed E-state index contributed by atoms with van der Waals surface area (Å²) in [6, 6.07) is 25.7. The van der Waals surface area contributed by atoms with E-state index in [1.165, 1.54) is 19.8 Å². The predicted octanol–water partition coefficient (Wildman–Crippen LogP) is 6.99. The molecule has 3 aromatic carbocycles. The van der Waals surface area contributed by atoms with Crippen LogP contribution in [0.3, 0.4) is 0 Å². The summed E-state index contributed by atoms with van der Waals surface area (Å²) in [5, 5.41) is 0. The summed E-state index contributed by atoms with van der Waals surface area (Å²) in [4.78, 5) is 23.3. The summed E-state index contributed by atoms with van der Waals surface area (Å²) in [5.74, 6) is 1.05. The molecule has 0 saturated heterocycles. The largest absolute Gasteiger partial charge is 0.493 e. The van der Waals surface area contributed by atoms with Crippen LogP contribution in [0.1, 0.15) is 66.4 Å². The lowest BCUT2D eigenvalue weighted by Gasteiger charge is -2.20. The smallest absolute Gasteiger partial charge is 0.337 e. The second-order valence-corrected chi connectivity index (χ2v) is 9.52. The van der Waals surface area contributed by atoms with Gasteiger partial charge in [0.25, 0.3) is 0 Å². The van der Waals surface area contributed by atoms with Gasteiger partial charge < -0.3 is 18.9 Å². The van der Waals surface area contributed by atoms with Crippen molar-refractivity contribution in [2.24, 2.45) is 0 Å². The Kier molecular flexibility index (Phi) is 12.9. The second-order valence-electron chi connectivity index (χ2n) is 9.52.